The SMILES string of the molecule is Cc1cccc(NS(=O)(=O)c2cc(C(=O)NCCSCc3cccc(Cl)c3)ccc2Cl)c1. The highest BCUT2D eigenvalue weighted by atomic mass is 35.5. The molecule has 1 amide bonds. The molecule has 9 heteroatoms. The van der Waals surface area contributed by atoms with Crippen molar-refractivity contribution in [3.05, 3.63) is 93.5 Å². The number of sulfonamides is 1. The van der Waals surface area contributed by atoms with Crippen molar-refractivity contribution in [1.82, 2.24) is 5.32 Å². The van der Waals surface area contributed by atoms with Crippen LogP contribution in [0.15, 0.2) is 71.6 Å². The molecule has 0 aromatic heterocycles. The maximum Gasteiger partial charge on any atom is 0.263 e. The largest absolute Gasteiger partial charge is 0.351 e. The van der Waals surface area contributed by atoms with Crippen molar-refractivity contribution in [2.75, 3.05) is 17.0 Å². The van der Waals surface area contributed by atoms with E-state index in [1.807, 2.05) is 37.3 Å². The molecule has 0 radical (unpaired) electrons. The second-order valence-electron chi connectivity index (χ2n) is 7.06. The van der Waals surface area contributed by atoms with E-state index in [9.17, 15) is 13.2 Å². The van der Waals surface area contributed by atoms with Crippen LogP contribution in [-0.4, -0.2) is 26.6 Å². The molecule has 0 aliphatic carbocycles. The van der Waals surface area contributed by atoms with Crippen molar-refractivity contribution in [1.29, 1.82) is 0 Å². The van der Waals surface area contributed by atoms with Gasteiger partial charge >= 0.3 is 0 Å². The molecule has 168 valence electrons. The van der Waals surface area contributed by atoms with Crippen LogP contribution in [0.25, 0.3) is 0 Å². The van der Waals surface area contributed by atoms with E-state index >= 15 is 0 Å². The Bertz CT molecular complexity index is 1220. The third-order valence-electron chi connectivity index (χ3n) is 4.44. The molecule has 0 saturated heterocycles. The first-order valence-electron chi connectivity index (χ1n) is 9.74. The van der Waals surface area contributed by atoms with Crippen LogP contribution in [0, 0.1) is 6.92 Å². The Morgan fingerprint density at radius 3 is 2.53 bits per heavy atom. The standard InChI is InChI=1S/C23H22Cl2N2O3S2/c1-16-4-2-7-20(12-16)27-32(29,30)22-14-18(8-9-21(22)25)23(28)26-10-11-31-15-17-5-3-6-19(24)13-17/h2-9,12-14,27H,10-11,15H2,1H3,(H,26,28). The first-order chi connectivity index (χ1) is 15.2. The number of aryl methyl sites for hydroxylation is 1. The molecule has 0 aliphatic rings. The summed E-state index contributed by atoms with van der Waals surface area (Å²) < 4.78 is 28.2. The molecule has 2 N–H and O–H groups in total. The highest BCUT2D eigenvalue weighted by Crippen LogP contribution is 2.25. The number of benzene rings is 3. The predicted molar refractivity (Wildman–Crippen MR) is 133 cm³/mol. The van der Waals surface area contributed by atoms with Crippen molar-refractivity contribution in [3.63, 3.8) is 0 Å². The Balaban J connectivity index is 1.59. The normalized spacial score (nSPS) is 11.2. The Labute approximate surface area is 202 Å². The summed E-state index contributed by atoms with van der Waals surface area (Å²) in [7, 11) is -3.96. The number of thioether (sulfide) groups is 1. The van der Waals surface area contributed by atoms with E-state index in [4.69, 9.17) is 23.2 Å². The molecule has 32 heavy (non-hydrogen) atoms. The Hall–Kier alpha value is -2.19. The van der Waals surface area contributed by atoms with Gasteiger partial charge in [0.2, 0.25) is 0 Å². The van der Waals surface area contributed by atoms with Crippen LogP contribution in [0.2, 0.25) is 10.0 Å². The van der Waals surface area contributed by atoms with Gasteiger partial charge in [0.1, 0.15) is 4.90 Å². The average Bonchev–Trinajstić information content (AvgIpc) is 2.73. The van der Waals surface area contributed by atoms with Crippen LogP contribution in [0.5, 0.6) is 0 Å². The van der Waals surface area contributed by atoms with E-state index in [0.29, 0.717) is 23.0 Å². The summed E-state index contributed by atoms with van der Waals surface area (Å²) in [6.07, 6.45) is 0. The molecule has 3 rings (SSSR count). The summed E-state index contributed by atoms with van der Waals surface area (Å²) in [4.78, 5) is 12.4. The molecular weight excluding hydrogens is 487 g/mol. The van der Waals surface area contributed by atoms with Gasteiger partial charge in [-0.2, -0.15) is 11.8 Å². The van der Waals surface area contributed by atoms with Gasteiger partial charge in [0.05, 0.1) is 5.02 Å². The number of rotatable bonds is 9. The van der Waals surface area contributed by atoms with Gasteiger partial charge < -0.3 is 5.32 Å². The summed E-state index contributed by atoms with van der Waals surface area (Å²) in [5.74, 6) is 1.12. The number of carbonyl (C=O) groups excluding carboxylic acids is 1. The number of hydrogen-bond donors (Lipinski definition) is 2. The summed E-state index contributed by atoms with van der Waals surface area (Å²) in [6.45, 7) is 2.30. The summed E-state index contributed by atoms with van der Waals surface area (Å²) >= 11 is 13.8. The molecule has 0 fully saturated rings. The number of nitrogens with one attached hydrogen (secondary N) is 2. The maximum atomic E-state index is 12.8. The molecule has 0 heterocycles. The molecule has 5 nitrogen and oxygen atoms in total. The average molecular weight is 509 g/mol. The number of anilines is 1. The van der Waals surface area contributed by atoms with E-state index in [1.54, 1.807) is 30.0 Å². The molecule has 0 aliphatic heterocycles. The van der Waals surface area contributed by atoms with Crippen LogP contribution in [0.4, 0.5) is 5.69 Å². The first-order valence-corrected chi connectivity index (χ1v) is 13.1. The van der Waals surface area contributed by atoms with Gasteiger partial charge in [-0.1, -0.05) is 47.5 Å². The van der Waals surface area contributed by atoms with Crippen LogP contribution in [0.1, 0.15) is 21.5 Å². The van der Waals surface area contributed by atoms with Crippen molar-refractivity contribution in [2.45, 2.75) is 17.6 Å². The molecule has 0 saturated carbocycles. The maximum absolute atomic E-state index is 12.8. The van der Waals surface area contributed by atoms with E-state index in [0.717, 1.165) is 16.9 Å². The Kier molecular flexibility index (Phi) is 8.48. The van der Waals surface area contributed by atoms with Crippen molar-refractivity contribution < 1.29 is 13.2 Å². The lowest BCUT2D eigenvalue weighted by Crippen LogP contribution is -2.26. The fraction of sp³-hybridized carbons (Fsp3) is 0.174. The fourth-order valence-electron chi connectivity index (χ4n) is 2.92. The van der Waals surface area contributed by atoms with Gasteiger partial charge in [0.15, 0.2) is 0 Å². The Morgan fingerprint density at radius 2 is 1.78 bits per heavy atom. The quantitative estimate of drug-likeness (QED) is 0.360. The van der Waals surface area contributed by atoms with Crippen LogP contribution in [-0.2, 0) is 15.8 Å². The molecule has 0 bridgehead atoms. The number of hydrogen-bond acceptors (Lipinski definition) is 4. The van der Waals surface area contributed by atoms with E-state index in [1.165, 1.54) is 18.2 Å². The highest BCUT2D eigenvalue weighted by Gasteiger charge is 2.20. The second-order valence-corrected chi connectivity index (χ2v) is 10.7. The van der Waals surface area contributed by atoms with Crippen molar-refractivity contribution >= 4 is 56.6 Å². The summed E-state index contributed by atoms with van der Waals surface area (Å²) in [5, 5.41) is 3.54. The summed E-state index contributed by atoms with van der Waals surface area (Å²) in [5.41, 5.74) is 2.67. The topological polar surface area (TPSA) is 75.3 Å². The lowest BCUT2D eigenvalue weighted by atomic mass is 10.2. The highest BCUT2D eigenvalue weighted by molar-refractivity contribution is 7.98. The van der Waals surface area contributed by atoms with Gasteiger partial charge in [-0.3, -0.25) is 9.52 Å². The number of carbonyl (C=O) groups is 1. The molecule has 0 atom stereocenters. The third kappa shape index (κ3) is 6.90. The van der Waals surface area contributed by atoms with E-state index in [-0.39, 0.29) is 21.4 Å². The zero-order valence-electron chi connectivity index (χ0n) is 17.3. The molecule has 3 aromatic rings. The minimum atomic E-state index is -3.96. The van der Waals surface area contributed by atoms with Gasteiger partial charge in [-0.05, 0) is 60.5 Å². The molecule has 3 aromatic carbocycles. The summed E-state index contributed by atoms with van der Waals surface area (Å²) in [6, 6.07) is 18.8. The van der Waals surface area contributed by atoms with Crippen molar-refractivity contribution in [2.24, 2.45) is 0 Å². The third-order valence-corrected chi connectivity index (χ3v) is 7.57. The Morgan fingerprint density at radius 1 is 1.00 bits per heavy atom. The zero-order chi connectivity index (χ0) is 23.1. The molecular formula is C23H22Cl2N2O3S2. The van der Waals surface area contributed by atoms with Crippen molar-refractivity contribution in [3.8, 4) is 0 Å². The van der Waals surface area contributed by atoms with Crippen LogP contribution >= 0.6 is 35.0 Å². The smallest absolute Gasteiger partial charge is 0.263 e. The number of halogens is 2. The minimum Gasteiger partial charge on any atom is -0.351 e. The number of amides is 1. The lowest BCUT2D eigenvalue weighted by Gasteiger charge is -2.12. The monoisotopic (exact) mass is 508 g/mol. The van der Waals surface area contributed by atoms with Gasteiger partial charge in [0, 0.05) is 34.3 Å². The van der Waals surface area contributed by atoms with Crippen LogP contribution in [0.3, 0.4) is 0 Å². The predicted octanol–water partition coefficient (Wildman–Crippen LogP) is 5.77. The first kappa shape index (κ1) is 24.5. The molecule has 0 spiro atoms. The zero-order valence-corrected chi connectivity index (χ0v) is 20.4. The second kappa shape index (κ2) is 11.1. The minimum absolute atomic E-state index is 0.0405. The van der Waals surface area contributed by atoms with Gasteiger partial charge in [0.25, 0.3) is 15.9 Å². The lowest BCUT2D eigenvalue weighted by molar-refractivity contribution is 0.0956. The van der Waals surface area contributed by atoms with E-state index in [2.05, 4.69) is 10.0 Å². The van der Waals surface area contributed by atoms with E-state index < -0.39 is 10.0 Å². The van der Waals surface area contributed by atoms with Gasteiger partial charge in [-0.25, -0.2) is 8.42 Å². The van der Waals surface area contributed by atoms with Gasteiger partial charge in [-0.15, -0.1) is 0 Å². The molecule has 0 unspecified atom stereocenters. The fourth-order valence-corrected chi connectivity index (χ4v) is 5.52. The van der Waals surface area contributed by atoms with Crippen LogP contribution < -0.4 is 10.0 Å².